The third-order valence-corrected chi connectivity index (χ3v) is 5.14. The first-order chi connectivity index (χ1) is 9.11. The highest BCUT2D eigenvalue weighted by Crippen LogP contribution is 2.31. The zero-order valence-electron chi connectivity index (χ0n) is 13.2. The van der Waals surface area contributed by atoms with Gasteiger partial charge in [0, 0.05) is 25.2 Å². The first-order valence-corrected chi connectivity index (χ1v) is 8.17. The number of hydrogen-bond donors (Lipinski definition) is 1. The predicted octanol–water partition coefficient (Wildman–Crippen LogP) is 2.51. The highest BCUT2D eigenvalue weighted by Gasteiger charge is 2.33. The number of likely N-dealkylation sites (N-methyl/N-ethyl adjacent to an activating group) is 1. The normalized spacial score (nSPS) is 39.9. The van der Waals surface area contributed by atoms with E-state index < -0.39 is 0 Å². The summed E-state index contributed by atoms with van der Waals surface area (Å²) in [5.41, 5.74) is 0. The van der Waals surface area contributed by atoms with Gasteiger partial charge in [-0.25, -0.2) is 0 Å². The average Bonchev–Trinajstić information content (AvgIpc) is 2.79. The van der Waals surface area contributed by atoms with Gasteiger partial charge in [-0.1, -0.05) is 13.8 Å². The van der Waals surface area contributed by atoms with E-state index in [1.807, 2.05) is 0 Å². The number of nitrogens with one attached hydrogen (secondary N) is 1. The molecule has 0 spiro atoms. The van der Waals surface area contributed by atoms with Crippen LogP contribution in [-0.4, -0.2) is 49.8 Å². The van der Waals surface area contributed by atoms with Crippen LogP contribution in [0.1, 0.15) is 46.5 Å². The van der Waals surface area contributed by atoms with E-state index in [2.05, 4.69) is 38.0 Å². The molecule has 2 rings (SSSR count). The predicted molar refractivity (Wildman–Crippen MR) is 80.4 cm³/mol. The molecule has 1 aliphatic heterocycles. The van der Waals surface area contributed by atoms with Crippen molar-refractivity contribution in [3.8, 4) is 0 Å². The number of ether oxygens (including phenoxy) is 1. The van der Waals surface area contributed by atoms with Crippen LogP contribution >= 0.6 is 0 Å². The van der Waals surface area contributed by atoms with Gasteiger partial charge >= 0.3 is 0 Å². The van der Waals surface area contributed by atoms with Crippen molar-refractivity contribution in [1.82, 2.24) is 10.2 Å². The largest absolute Gasteiger partial charge is 0.377 e. The van der Waals surface area contributed by atoms with Crippen molar-refractivity contribution < 1.29 is 4.74 Å². The van der Waals surface area contributed by atoms with E-state index in [9.17, 15) is 0 Å². The maximum absolute atomic E-state index is 5.71. The minimum absolute atomic E-state index is 0.406. The van der Waals surface area contributed by atoms with Crippen LogP contribution in [0.25, 0.3) is 0 Å². The highest BCUT2D eigenvalue weighted by atomic mass is 16.5. The van der Waals surface area contributed by atoms with E-state index in [0.717, 1.165) is 31.0 Å². The molecule has 0 aromatic heterocycles. The molecular formula is C16H32N2O. The van der Waals surface area contributed by atoms with Gasteiger partial charge in [-0.15, -0.1) is 0 Å². The fraction of sp³-hybridized carbons (Fsp3) is 1.00. The Balaban J connectivity index is 1.90. The second kappa shape index (κ2) is 7.05. The molecule has 5 atom stereocenters. The van der Waals surface area contributed by atoms with Crippen molar-refractivity contribution in [3.63, 3.8) is 0 Å². The van der Waals surface area contributed by atoms with E-state index in [4.69, 9.17) is 4.74 Å². The van der Waals surface area contributed by atoms with Crippen LogP contribution < -0.4 is 5.32 Å². The summed E-state index contributed by atoms with van der Waals surface area (Å²) in [5, 5.41) is 3.70. The Bertz CT molecular complexity index is 271. The maximum atomic E-state index is 5.71. The van der Waals surface area contributed by atoms with Gasteiger partial charge in [0.05, 0.1) is 6.10 Å². The van der Waals surface area contributed by atoms with Crippen molar-refractivity contribution in [3.05, 3.63) is 0 Å². The lowest BCUT2D eigenvalue weighted by molar-refractivity contribution is 0.0679. The maximum Gasteiger partial charge on any atom is 0.0702 e. The van der Waals surface area contributed by atoms with Gasteiger partial charge in [-0.3, -0.25) is 0 Å². The summed E-state index contributed by atoms with van der Waals surface area (Å²) in [7, 11) is 2.29. The van der Waals surface area contributed by atoms with Gasteiger partial charge in [0.1, 0.15) is 0 Å². The first-order valence-electron chi connectivity index (χ1n) is 8.17. The standard InChI is InChI=1S/C16H32N2O/c1-5-17-15-7-6-12(2)10-14(15)11-18(4)16-8-9-19-13(16)3/h12-17H,5-11H2,1-4H3. The van der Waals surface area contributed by atoms with Crippen LogP contribution in [0.4, 0.5) is 0 Å². The van der Waals surface area contributed by atoms with Crippen molar-refractivity contribution >= 4 is 0 Å². The summed E-state index contributed by atoms with van der Waals surface area (Å²) in [4.78, 5) is 2.56. The lowest BCUT2D eigenvalue weighted by Crippen LogP contribution is -2.48. The zero-order chi connectivity index (χ0) is 13.8. The molecule has 0 amide bonds. The number of nitrogens with zero attached hydrogens (tertiary/aromatic N) is 1. The van der Waals surface area contributed by atoms with Crippen molar-refractivity contribution in [2.24, 2.45) is 11.8 Å². The third-order valence-electron chi connectivity index (χ3n) is 5.14. The third kappa shape index (κ3) is 3.93. The Morgan fingerprint density at radius 2 is 2.00 bits per heavy atom. The Labute approximate surface area is 119 Å². The molecule has 0 bridgehead atoms. The molecule has 2 fully saturated rings. The highest BCUT2D eigenvalue weighted by molar-refractivity contribution is 4.88. The number of rotatable bonds is 5. The van der Waals surface area contributed by atoms with Gasteiger partial charge in [-0.05, 0) is 58.0 Å². The Kier molecular flexibility index (Phi) is 5.67. The van der Waals surface area contributed by atoms with Gasteiger partial charge in [0.25, 0.3) is 0 Å². The molecule has 2 aliphatic rings. The quantitative estimate of drug-likeness (QED) is 0.829. The van der Waals surface area contributed by atoms with Crippen LogP contribution in [0.3, 0.4) is 0 Å². The minimum Gasteiger partial charge on any atom is -0.377 e. The molecular weight excluding hydrogens is 236 g/mol. The molecule has 0 aromatic rings. The molecule has 112 valence electrons. The summed E-state index contributed by atoms with van der Waals surface area (Å²) in [6.45, 7) is 10.1. The van der Waals surface area contributed by atoms with Crippen LogP contribution in [0.5, 0.6) is 0 Å². The number of hydrogen-bond acceptors (Lipinski definition) is 3. The van der Waals surface area contributed by atoms with Gasteiger partial charge < -0.3 is 15.0 Å². The van der Waals surface area contributed by atoms with Crippen molar-refractivity contribution in [2.75, 3.05) is 26.7 Å². The molecule has 5 unspecified atom stereocenters. The summed E-state index contributed by atoms with van der Waals surface area (Å²) >= 11 is 0. The van der Waals surface area contributed by atoms with Crippen LogP contribution in [0.15, 0.2) is 0 Å². The molecule has 1 heterocycles. The van der Waals surface area contributed by atoms with E-state index in [1.165, 1.54) is 32.2 Å². The molecule has 3 heteroatoms. The minimum atomic E-state index is 0.406. The molecule has 1 N–H and O–H groups in total. The summed E-state index contributed by atoms with van der Waals surface area (Å²) in [6.07, 6.45) is 5.73. The first kappa shape index (κ1) is 15.3. The fourth-order valence-electron chi connectivity index (χ4n) is 4.04. The van der Waals surface area contributed by atoms with Gasteiger partial charge in [0.15, 0.2) is 0 Å². The topological polar surface area (TPSA) is 24.5 Å². The SMILES string of the molecule is CCNC1CCC(C)CC1CN(C)C1CCOC1C. The second-order valence-electron chi connectivity index (χ2n) is 6.71. The summed E-state index contributed by atoms with van der Waals surface area (Å²) in [5.74, 6) is 1.70. The van der Waals surface area contributed by atoms with Crippen LogP contribution in [-0.2, 0) is 4.74 Å². The summed E-state index contributed by atoms with van der Waals surface area (Å²) in [6, 6.07) is 1.35. The van der Waals surface area contributed by atoms with Crippen molar-refractivity contribution in [2.45, 2.75) is 64.6 Å². The molecule has 0 aromatic carbocycles. The van der Waals surface area contributed by atoms with E-state index in [-0.39, 0.29) is 0 Å². The summed E-state index contributed by atoms with van der Waals surface area (Å²) < 4.78 is 5.71. The average molecular weight is 268 g/mol. The molecule has 3 nitrogen and oxygen atoms in total. The molecule has 0 radical (unpaired) electrons. The monoisotopic (exact) mass is 268 g/mol. The lowest BCUT2D eigenvalue weighted by Gasteiger charge is -2.39. The van der Waals surface area contributed by atoms with E-state index in [0.29, 0.717) is 12.1 Å². The van der Waals surface area contributed by atoms with Crippen LogP contribution in [0.2, 0.25) is 0 Å². The van der Waals surface area contributed by atoms with E-state index in [1.54, 1.807) is 0 Å². The molecule has 1 saturated carbocycles. The van der Waals surface area contributed by atoms with E-state index >= 15 is 0 Å². The molecule has 1 aliphatic carbocycles. The van der Waals surface area contributed by atoms with Gasteiger partial charge in [-0.2, -0.15) is 0 Å². The Morgan fingerprint density at radius 3 is 2.63 bits per heavy atom. The smallest absolute Gasteiger partial charge is 0.0702 e. The lowest BCUT2D eigenvalue weighted by atomic mass is 9.78. The fourth-order valence-corrected chi connectivity index (χ4v) is 4.04. The Morgan fingerprint density at radius 1 is 1.21 bits per heavy atom. The zero-order valence-corrected chi connectivity index (χ0v) is 13.2. The molecule has 19 heavy (non-hydrogen) atoms. The van der Waals surface area contributed by atoms with Gasteiger partial charge in [0.2, 0.25) is 0 Å². The Hall–Kier alpha value is -0.120. The second-order valence-corrected chi connectivity index (χ2v) is 6.71. The van der Waals surface area contributed by atoms with Crippen molar-refractivity contribution in [1.29, 1.82) is 0 Å². The molecule has 1 saturated heterocycles. The van der Waals surface area contributed by atoms with Crippen LogP contribution in [0, 0.1) is 11.8 Å².